The number of hydrogen-bond donors (Lipinski definition) is 2. The lowest BCUT2D eigenvalue weighted by atomic mass is 10.3. The zero-order valence-corrected chi connectivity index (χ0v) is 12.2. The van der Waals surface area contributed by atoms with Crippen LogP contribution < -0.4 is 11.1 Å². The van der Waals surface area contributed by atoms with Gasteiger partial charge < -0.3 is 11.1 Å². The molecule has 1 atom stereocenters. The van der Waals surface area contributed by atoms with Gasteiger partial charge in [-0.25, -0.2) is 0 Å². The number of halogens is 1. The first-order valence-corrected chi connectivity index (χ1v) is 7.33. The highest BCUT2D eigenvalue weighted by molar-refractivity contribution is 9.10. The van der Waals surface area contributed by atoms with Crippen molar-refractivity contribution < 1.29 is 4.79 Å². The molecule has 0 spiro atoms. The summed E-state index contributed by atoms with van der Waals surface area (Å²) in [4.78, 5) is 11.7. The number of thioether (sulfide) groups is 1. The predicted molar refractivity (Wildman–Crippen MR) is 78.4 cm³/mol. The van der Waals surface area contributed by atoms with Gasteiger partial charge in [0.05, 0.1) is 11.4 Å². The predicted octanol–water partition coefficient (Wildman–Crippen LogP) is 2.86. The van der Waals surface area contributed by atoms with E-state index in [1.165, 1.54) is 0 Å². The molecular formula is C12H17BrN2OS. The van der Waals surface area contributed by atoms with Crippen LogP contribution in [0.3, 0.4) is 0 Å². The molecule has 1 amide bonds. The van der Waals surface area contributed by atoms with Gasteiger partial charge in [-0.05, 0) is 41.0 Å². The Bertz CT molecular complexity index is 373. The first-order valence-electron chi connectivity index (χ1n) is 5.49. The van der Waals surface area contributed by atoms with Crippen molar-refractivity contribution in [3.8, 4) is 0 Å². The van der Waals surface area contributed by atoms with Crippen molar-refractivity contribution in [2.24, 2.45) is 5.73 Å². The van der Waals surface area contributed by atoms with Crippen LogP contribution in [0.15, 0.2) is 28.7 Å². The van der Waals surface area contributed by atoms with Gasteiger partial charge >= 0.3 is 0 Å². The maximum absolute atomic E-state index is 11.7. The van der Waals surface area contributed by atoms with Crippen LogP contribution in [-0.2, 0) is 4.79 Å². The molecule has 1 aromatic carbocycles. The Balaban J connectivity index is 2.37. The summed E-state index contributed by atoms with van der Waals surface area (Å²) in [5.74, 6) is 0.480. The number of hydrogen-bond acceptors (Lipinski definition) is 3. The molecule has 3 nitrogen and oxygen atoms in total. The van der Waals surface area contributed by atoms with Crippen LogP contribution in [0.4, 0.5) is 5.69 Å². The SMILES string of the molecule is CC(CCN)SCC(=O)Nc1ccccc1Br. The van der Waals surface area contributed by atoms with E-state index in [1.807, 2.05) is 24.3 Å². The third-order valence-corrected chi connectivity index (χ3v) is 4.15. The van der Waals surface area contributed by atoms with Crippen molar-refractivity contribution in [3.05, 3.63) is 28.7 Å². The monoisotopic (exact) mass is 316 g/mol. The number of anilines is 1. The number of amides is 1. The highest BCUT2D eigenvalue weighted by Crippen LogP contribution is 2.21. The number of rotatable bonds is 6. The van der Waals surface area contributed by atoms with E-state index in [0.717, 1.165) is 16.6 Å². The molecule has 17 heavy (non-hydrogen) atoms. The molecule has 1 unspecified atom stereocenters. The fourth-order valence-corrected chi connectivity index (χ4v) is 2.48. The van der Waals surface area contributed by atoms with E-state index in [4.69, 9.17) is 5.73 Å². The summed E-state index contributed by atoms with van der Waals surface area (Å²) in [5, 5.41) is 3.29. The van der Waals surface area contributed by atoms with E-state index in [2.05, 4.69) is 28.2 Å². The number of benzene rings is 1. The zero-order chi connectivity index (χ0) is 12.7. The van der Waals surface area contributed by atoms with Crippen LogP contribution >= 0.6 is 27.7 Å². The second-order valence-electron chi connectivity index (χ2n) is 3.73. The van der Waals surface area contributed by atoms with E-state index in [1.54, 1.807) is 11.8 Å². The molecule has 0 aliphatic heterocycles. The van der Waals surface area contributed by atoms with E-state index in [-0.39, 0.29) is 5.91 Å². The number of carbonyl (C=O) groups is 1. The third kappa shape index (κ3) is 5.57. The Kier molecular flexibility index (Phi) is 6.62. The highest BCUT2D eigenvalue weighted by atomic mass is 79.9. The Hall–Kier alpha value is -0.520. The summed E-state index contributed by atoms with van der Waals surface area (Å²) in [6.07, 6.45) is 0.937. The van der Waals surface area contributed by atoms with Crippen LogP contribution in [0.1, 0.15) is 13.3 Å². The third-order valence-electron chi connectivity index (χ3n) is 2.22. The quantitative estimate of drug-likeness (QED) is 0.848. The molecule has 3 N–H and O–H groups in total. The maximum Gasteiger partial charge on any atom is 0.234 e. The van der Waals surface area contributed by atoms with Gasteiger partial charge in [-0.15, -0.1) is 11.8 Å². The van der Waals surface area contributed by atoms with Gasteiger partial charge in [0, 0.05) is 9.72 Å². The second-order valence-corrected chi connectivity index (χ2v) is 6.01. The average molecular weight is 317 g/mol. The molecule has 0 aliphatic carbocycles. The fraction of sp³-hybridized carbons (Fsp3) is 0.417. The normalized spacial score (nSPS) is 12.2. The number of carbonyl (C=O) groups excluding carboxylic acids is 1. The minimum Gasteiger partial charge on any atom is -0.330 e. The minimum atomic E-state index is 0.0192. The van der Waals surface area contributed by atoms with Crippen LogP contribution in [0.5, 0.6) is 0 Å². The summed E-state index contributed by atoms with van der Waals surface area (Å²) >= 11 is 5.02. The van der Waals surface area contributed by atoms with Crippen LogP contribution in [0, 0.1) is 0 Å². The molecule has 0 radical (unpaired) electrons. The van der Waals surface area contributed by atoms with Gasteiger partial charge in [-0.2, -0.15) is 0 Å². The van der Waals surface area contributed by atoms with Gasteiger partial charge in [-0.1, -0.05) is 19.1 Å². The lowest BCUT2D eigenvalue weighted by molar-refractivity contribution is -0.113. The Morgan fingerprint density at radius 1 is 1.53 bits per heavy atom. The van der Waals surface area contributed by atoms with Crippen molar-refractivity contribution in [2.45, 2.75) is 18.6 Å². The topological polar surface area (TPSA) is 55.1 Å². The van der Waals surface area contributed by atoms with Gasteiger partial charge in [0.1, 0.15) is 0 Å². The van der Waals surface area contributed by atoms with Crippen molar-refractivity contribution in [1.82, 2.24) is 0 Å². The first kappa shape index (κ1) is 14.5. The summed E-state index contributed by atoms with van der Waals surface area (Å²) in [6.45, 7) is 2.75. The van der Waals surface area contributed by atoms with E-state index in [9.17, 15) is 4.79 Å². The number of nitrogens with one attached hydrogen (secondary N) is 1. The van der Waals surface area contributed by atoms with E-state index >= 15 is 0 Å². The lowest BCUT2D eigenvalue weighted by Gasteiger charge is -2.10. The molecule has 0 bridgehead atoms. The van der Waals surface area contributed by atoms with E-state index in [0.29, 0.717) is 17.5 Å². The van der Waals surface area contributed by atoms with Crippen molar-refractivity contribution >= 4 is 39.3 Å². The molecule has 0 fully saturated rings. The van der Waals surface area contributed by atoms with Crippen LogP contribution in [0.25, 0.3) is 0 Å². The molecule has 0 heterocycles. The molecule has 0 saturated carbocycles. The van der Waals surface area contributed by atoms with Crippen molar-refractivity contribution in [3.63, 3.8) is 0 Å². The summed E-state index contributed by atoms with van der Waals surface area (Å²) in [6, 6.07) is 7.58. The molecule has 1 aromatic rings. The average Bonchev–Trinajstić information content (AvgIpc) is 2.30. The first-order chi connectivity index (χ1) is 8.13. The smallest absolute Gasteiger partial charge is 0.234 e. The standard InChI is InChI=1S/C12H17BrN2OS/c1-9(6-7-14)17-8-12(16)15-11-5-3-2-4-10(11)13/h2-5,9H,6-8,14H2,1H3,(H,15,16). The Morgan fingerprint density at radius 2 is 2.24 bits per heavy atom. The highest BCUT2D eigenvalue weighted by Gasteiger charge is 2.08. The van der Waals surface area contributed by atoms with Crippen molar-refractivity contribution in [2.75, 3.05) is 17.6 Å². The van der Waals surface area contributed by atoms with Crippen molar-refractivity contribution in [1.29, 1.82) is 0 Å². The largest absolute Gasteiger partial charge is 0.330 e. The molecular weight excluding hydrogens is 300 g/mol. The molecule has 0 aliphatic rings. The second kappa shape index (κ2) is 7.74. The van der Waals surface area contributed by atoms with Crippen LogP contribution in [-0.4, -0.2) is 23.5 Å². The summed E-state index contributed by atoms with van der Waals surface area (Å²) < 4.78 is 0.897. The molecule has 0 saturated heterocycles. The Labute approximate surface area is 115 Å². The molecule has 1 rings (SSSR count). The maximum atomic E-state index is 11.7. The fourth-order valence-electron chi connectivity index (χ4n) is 1.28. The molecule has 5 heteroatoms. The van der Waals surface area contributed by atoms with Crippen LogP contribution in [0.2, 0.25) is 0 Å². The Morgan fingerprint density at radius 3 is 2.88 bits per heavy atom. The van der Waals surface area contributed by atoms with Gasteiger partial charge in [0.2, 0.25) is 5.91 Å². The lowest BCUT2D eigenvalue weighted by Crippen LogP contribution is -2.17. The number of nitrogens with two attached hydrogens (primary N) is 1. The molecule has 94 valence electrons. The summed E-state index contributed by atoms with van der Waals surface area (Å²) in [7, 11) is 0. The molecule has 0 aromatic heterocycles. The number of para-hydroxylation sites is 1. The summed E-state index contributed by atoms with van der Waals surface area (Å²) in [5.41, 5.74) is 6.27. The zero-order valence-electron chi connectivity index (χ0n) is 9.78. The van der Waals surface area contributed by atoms with Gasteiger partial charge in [0.15, 0.2) is 0 Å². The van der Waals surface area contributed by atoms with Gasteiger partial charge in [-0.3, -0.25) is 4.79 Å². The van der Waals surface area contributed by atoms with Gasteiger partial charge in [0.25, 0.3) is 0 Å². The minimum absolute atomic E-state index is 0.0192. The van der Waals surface area contributed by atoms with E-state index < -0.39 is 0 Å².